The van der Waals surface area contributed by atoms with E-state index in [0.29, 0.717) is 0 Å². The molecular weight excluding hydrogens is 869 g/mol. The Labute approximate surface area is 422 Å². The average Bonchev–Trinajstić information content (AvgIpc) is 3.90. The smallest absolute Gasteiger partial charge is 0.0540 e. The van der Waals surface area contributed by atoms with E-state index in [1.54, 1.807) is 0 Å². The molecule has 72 heavy (non-hydrogen) atoms. The van der Waals surface area contributed by atoms with Gasteiger partial charge in [-0.25, -0.2) is 0 Å². The number of benzene rings is 11. The lowest BCUT2D eigenvalue weighted by Gasteiger charge is -2.27. The lowest BCUT2D eigenvalue weighted by Crippen LogP contribution is -2.15. The Morgan fingerprint density at radius 2 is 0.847 bits per heavy atom. The summed E-state index contributed by atoms with van der Waals surface area (Å²) in [6, 6.07) is 82.2. The maximum atomic E-state index is 2.54. The molecule has 14 rings (SSSR count). The molecule has 344 valence electrons. The summed E-state index contributed by atoms with van der Waals surface area (Å²) in [5.74, 6) is 0. The second-order valence-corrected chi connectivity index (χ2v) is 21.3. The van der Waals surface area contributed by atoms with E-state index >= 15 is 0 Å². The standard InChI is InChI=1S/C70H54N2/c1-43-44(2)71(51-32-29-45-19-13-14-20-46(45)37-51)66-42-61-60(41-58(43)66)68(48-31-35-56-54-26-16-18-28-63(54)70(5,6)65(56)39-48)59-40-52(72(49-21-9-7-10-22-49)50-23-11-8-12-24-50)33-36-57(59)67(61)47-30-34-55-53-25-15-17-27-62(53)69(3,4)64(55)38-47/h7-42H,1-6H3. The Morgan fingerprint density at radius 3 is 1.46 bits per heavy atom. The maximum Gasteiger partial charge on any atom is 0.0540 e. The zero-order chi connectivity index (χ0) is 48.6. The highest BCUT2D eigenvalue weighted by atomic mass is 15.1. The Balaban J connectivity index is 1.13. The van der Waals surface area contributed by atoms with Gasteiger partial charge in [0.2, 0.25) is 0 Å². The van der Waals surface area contributed by atoms with E-state index in [1.165, 1.54) is 127 Å². The molecule has 2 heteroatoms. The highest BCUT2D eigenvalue weighted by molar-refractivity contribution is 6.24. The van der Waals surface area contributed by atoms with Crippen LogP contribution in [0.4, 0.5) is 17.1 Å². The van der Waals surface area contributed by atoms with Gasteiger partial charge >= 0.3 is 0 Å². The Hall–Kier alpha value is -8.46. The third kappa shape index (κ3) is 6.08. The van der Waals surface area contributed by atoms with Crippen LogP contribution < -0.4 is 4.90 Å². The molecule has 0 atom stereocenters. The number of nitrogens with zero attached hydrogens (tertiary/aromatic N) is 2. The first-order chi connectivity index (χ1) is 35.1. The molecular formula is C70H54N2. The van der Waals surface area contributed by atoms with E-state index in [1.807, 2.05) is 0 Å². The van der Waals surface area contributed by atoms with Crippen molar-refractivity contribution in [3.8, 4) is 50.2 Å². The van der Waals surface area contributed by atoms with Crippen LogP contribution in [-0.2, 0) is 10.8 Å². The molecule has 0 unspecified atom stereocenters. The van der Waals surface area contributed by atoms with Gasteiger partial charge in [0, 0.05) is 44.7 Å². The molecule has 0 saturated heterocycles. The minimum atomic E-state index is -0.164. The molecule has 2 nitrogen and oxygen atoms in total. The molecule has 0 spiro atoms. The molecule has 0 bridgehead atoms. The summed E-state index contributed by atoms with van der Waals surface area (Å²) in [6.45, 7) is 14.2. The van der Waals surface area contributed by atoms with Gasteiger partial charge in [0.1, 0.15) is 0 Å². The second kappa shape index (κ2) is 15.5. The Morgan fingerprint density at radius 1 is 0.347 bits per heavy atom. The van der Waals surface area contributed by atoms with Crippen LogP contribution in [-0.4, -0.2) is 4.57 Å². The van der Waals surface area contributed by atoms with Crippen molar-refractivity contribution >= 4 is 60.3 Å². The molecule has 12 aromatic rings. The normalized spacial score (nSPS) is 13.9. The topological polar surface area (TPSA) is 8.17 Å². The Kier molecular flexibility index (Phi) is 9.14. The van der Waals surface area contributed by atoms with E-state index in [4.69, 9.17) is 0 Å². The number of rotatable bonds is 6. The maximum absolute atomic E-state index is 2.54. The third-order valence-corrected chi connectivity index (χ3v) is 16.8. The largest absolute Gasteiger partial charge is 0.314 e. The number of fused-ring (bicyclic) bond motifs is 10. The van der Waals surface area contributed by atoms with Crippen LogP contribution >= 0.6 is 0 Å². The lowest BCUT2D eigenvalue weighted by molar-refractivity contribution is 0.660. The van der Waals surface area contributed by atoms with Gasteiger partial charge in [0.15, 0.2) is 0 Å². The van der Waals surface area contributed by atoms with Crippen molar-refractivity contribution in [2.45, 2.75) is 52.4 Å². The summed E-state index contributed by atoms with van der Waals surface area (Å²) in [5.41, 5.74) is 23.8. The van der Waals surface area contributed by atoms with Gasteiger partial charge in [-0.05, 0) is 191 Å². The minimum absolute atomic E-state index is 0.159. The number of aryl methyl sites for hydroxylation is 1. The lowest BCUT2D eigenvalue weighted by atomic mass is 9.79. The van der Waals surface area contributed by atoms with E-state index in [2.05, 4.69) is 269 Å². The molecule has 0 fully saturated rings. The summed E-state index contributed by atoms with van der Waals surface area (Å²) >= 11 is 0. The van der Waals surface area contributed by atoms with Crippen molar-refractivity contribution in [2.75, 3.05) is 4.90 Å². The van der Waals surface area contributed by atoms with Crippen molar-refractivity contribution in [1.82, 2.24) is 4.57 Å². The van der Waals surface area contributed by atoms with Gasteiger partial charge in [0.05, 0.1) is 5.52 Å². The molecule has 0 amide bonds. The molecule has 0 aliphatic heterocycles. The molecule has 1 aromatic heterocycles. The molecule has 2 aliphatic rings. The van der Waals surface area contributed by atoms with Crippen molar-refractivity contribution in [1.29, 1.82) is 0 Å². The minimum Gasteiger partial charge on any atom is -0.314 e. The third-order valence-electron chi connectivity index (χ3n) is 16.8. The first-order valence-corrected chi connectivity index (χ1v) is 25.5. The summed E-state index contributed by atoms with van der Waals surface area (Å²) in [7, 11) is 0. The first-order valence-electron chi connectivity index (χ1n) is 25.5. The molecule has 0 radical (unpaired) electrons. The zero-order valence-electron chi connectivity index (χ0n) is 41.7. The zero-order valence-corrected chi connectivity index (χ0v) is 41.7. The fourth-order valence-corrected chi connectivity index (χ4v) is 13.0. The van der Waals surface area contributed by atoms with Gasteiger partial charge in [0.25, 0.3) is 0 Å². The highest BCUT2D eigenvalue weighted by Crippen LogP contribution is 2.55. The fraction of sp³-hybridized carbons (Fsp3) is 0.114. The van der Waals surface area contributed by atoms with Crippen LogP contribution in [0.5, 0.6) is 0 Å². The summed E-state index contributed by atoms with van der Waals surface area (Å²) in [6.07, 6.45) is 0. The van der Waals surface area contributed by atoms with Gasteiger partial charge in [-0.2, -0.15) is 0 Å². The van der Waals surface area contributed by atoms with Crippen molar-refractivity contribution in [3.63, 3.8) is 0 Å². The van der Waals surface area contributed by atoms with E-state index < -0.39 is 0 Å². The van der Waals surface area contributed by atoms with Crippen molar-refractivity contribution in [3.05, 3.63) is 252 Å². The fourth-order valence-electron chi connectivity index (χ4n) is 13.0. The van der Waals surface area contributed by atoms with Crippen LogP contribution in [0.1, 0.15) is 61.2 Å². The van der Waals surface area contributed by atoms with E-state index in [9.17, 15) is 0 Å². The summed E-state index contributed by atoms with van der Waals surface area (Å²) < 4.78 is 2.50. The predicted octanol–water partition coefficient (Wildman–Crippen LogP) is 19.1. The van der Waals surface area contributed by atoms with Gasteiger partial charge < -0.3 is 9.47 Å². The quantitative estimate of drug-likeness (QED) is 0.151. The van der Waals surface area contributed by atoms with Crippen LogP contribution in [0.25, 0.3) is 93.4 Å². The van der Waals surface area contributed by atoms with E-state index in [0.717, 1.165) is 17.1 Å². The molecule has 0 saturated carbocycles. The molecule has 11 aromatic carbocycles. The van der Waals surface area contributed by atoms with Gasteiger partial charge in [-0.1, -0.05) is 173 Å². The summed E-state index contributed by atoms with van der Waals surface area (Å²) in [5, 5.41) is 8.71. The van der Waals surface area contributed by atoms with Crippen LogP contribution in [0.2, 0.25) is 0 Å². The molecule has 2 aliphatic carbocycles. The van der Waals surface area contributed by atoms with Gasteiger partial charge in [-0.15, -0.1) is 0 Å². The van der Waals surface area contributed by atoms with Crippen molar-refractivity contribution < 1.29 is 0 Å². The van der Waals surface area contributed by atoms with Crippen LogP contribution in [0, 0.1) is 13.8 Å². The number of hydrogen-bond donors (Lipinski definition) is 0. The number of anilines is 3. The van der Waals surface area contributed by atoms with Gasteiger partial charge in [-0.3, -0.25) is 0 Å². The number of hydrogen-bond acceptors (Lipinski definition) is 1. The van der Waals surface area contributed by atoms with Crippen molar-refractivity contribution in [2.24, 2.45) is 0 Å². The highest BCUT2D eigenvalue weighted by Gasteiger charge is 2.37. The average molecular weight is 923 g/mol. The number of para-hydroxylation sites is 2. The Bertz CT molecular complexity index is 4190. The number of aromatic nitrogens is 1. The SMILES string of the molecule is Cc1c(C)n(-c2ccc3ccccc3c2)c2cc3c(-c4ccc5c(c4)C(C)(C)c4ccccc4-5)c4ccc(N(c5ccccc5)c5ccccc5)cc4c(-c4ccc5c(c4)C(C)(C)c4ccccc4-5)c3cc12. The van der Waals surface area contributed by atoms with Crippen LogP contribution in [0.15, 0.2) is 218 Å². The first kappa shape index (κ1) is 42.4. The van der Waals surface area contributed by atoms with E-state index in [-0.39, 0.29) is 10.8 Å². The predicted molar refractivity (Wildman–Crippen MR) is 306 cm³/mol. The summed E-state index contributed by atoms with van der Waals surface area (Å²) in [4.78, 5) is 2.41. The monoisotopic (exact) mass is 922 g/mol. The van der Waals surface area contributed by atoms with Crippen LogP contribution in [0.3, 0.4) is 0 Å². The molecule has 0 N–H and O–H groups in total. The second-order valence-electron chi connectivity index (χ2n) is 21.3. The molecule has 1 heterocycles.